The van der Waals surface area contributed by atoms with Crippen molar-refractivity contribution in [2.45, 2.75) is 39.7 Å². The predicted octanol–water partition coefficient (Wildman–Crippen LogP) is 4.50. The van der Waals surface area contributed by atoms with Gasteiger partial charge in [-0.3, -0.25) is 0 Å². The topological polar surface area (TPSA) is 24.9 Å². The fraction of sp³-hybridized carbons (Fsp3) is 0.400. The molecule has 19 heavy (non-hydrogen) atoms. The van der Waals surface area contributed by atoms with Crippen LogP contribution in [0.2, 0.25) is 0 Å². The molecule has 0 aliphatic rings. The molecule has 1 heterocycles. The van der Waals surface area contributed by atoms with Gasteiger partial charge in [-0.15, -0.1) is 11.3 Å². The summed E-state index contributed by atoms with van der Waals surface area (Å²) in [6, 6.07) is 5.18. The summed E-state index contributed by atoms with van der Waals surface area (Å²) in [6.45, 7) is 8.83. The quantitative estimate of drug-likeness (QED) is 0.894. The highest BCUT2D eigenvalue weighted by Gasteiger charge is 2.17. The highest BCUT2D eigenvalue weighted by molar-refractivity contribution is 7.09. The van der Waals surface area contributed by atoms with Gasteiger partial charge in [-0.1, -0.05) is 26.8 Å². The number of aryl methyl sites for hydroxylation is 1. The first-order valence-corrected chi connectivity index (χ1v) is 7.19. The maximum Gasteiger partial charge on any atom is 0.128 e. The first-order chi connectivity index (χ1) is 8.86. The molecule has 0 aliphatic heterocycles. The number of nitrogens with zero attached hydrogens (tertiary/aromatic N) is 1. The Bertz CT molecular complexity index is 570. The van der Waals surface area contributed by atoms with Gasteiger partial charge in [-0.25, -0.2) is 9.37 Å². The Morgan fingerprint density at radius 1 is 1.32 bits per heavy atom. The third kappa shape index (κ3) is 3.53. The molecule has 0 saturated heterocycles. The number of hydrogen-bond acceptors (Lipinski definition) is 3. The largest absolute Gasteiger partial charge is 0.378 e. The molecular formula is C15H19FN2S. The van der Waals surface area contributed by atoms with E-state index in [2.05, 4.69) is 36.5 Å². The highest BCUT2D eigenvalue weighted by Crippen LogP contribution is 2.24. The van der Waals surface area contributed by atoms with E-state index in [-0.39, 0.29) is 11.2 Å². The van der Waals surface area contributed by atoms with E-state index >= 15 is 0 Å². The molecule has 0 radical (unpaired) electrons. The van der Waals surface area contributed by atoms with Crippen molar-refractivity contribution in [2.24, 2.45) is 0 Å². The van der Waals surface area contributed by atoms with Gasteiger partial charge in [-0.05, 0) is 24.6 Å². The molecule has 0 fully saturated rings. The summed E-state index contributed by atoms with van der Waals surface area (Å²) in [4.78, 5) is 4.60. The number of anilines is 1. The lowest BCUT2D eigenvalue weighted by atomic mass is 9.93. The van der Waals surface area contributed by atoms with Crippen LogP contribution in [0.1, 0.15) is 37.0 Å². The van der Waals surface area contributed by atoms with Crippen LogP contribution in [-0.4, -0.2) is 4.98 Å². The minimum atomic E-state index is -0.181. The van der Waals surface area contributed by atoms with E-state index < -0.39 is 0 Å². The van der Waals surface area contributed by atoms with Crippen LogP contribution in [0.4, 0.5) is 10.1 Å². The molecule has 0 saturated carbocycles. The smallest absolute Gasteiger partial charge is 0.128 e. The number of nitrogens with one attached hydrogen (secondary N) is 1. The fourth-order valence-corrected chi connectivity index (χ4v) is 2.58. The molecule has 102 valence electrons. The predicted molar refractivity (Wildman–Crippen MR) is 79.3 cm³/mol. The standard InChI is InChI=1S/C15H19FN2S/c1-10-5-6-11(7-12(10)16)17-8-14-18-13(9-19-14)15(2,3)4/h5-7,9,17H,8H2,1-4H3. The first kappa shape index (κ1) is 14.0. The van der Waals surface area contributed by atoms with Gasteiger partial charge in [0.1, 0.15) is 10.8 Å². The maximum atomic E-state index is 13.4. The summed E-state index contributed by atoms with van der Waals surface area (Å²) in [7, 11) is 0. The normalized spacial score (nSPS) is 11.6. The van der Waals surface area contributed by atoms with Crippen molar-refractivity contribution in [3.63, 3.8) is 0 Å². The molecule has 0 atom stereocenters. The average Bonchev–Trinajstić information content (AvgIpc) is 2.79. The Labute approximate surface area is 117 Å². The van der Waals surface area contributed by atoms with Crippen LogP contribution >= 0.6 is 11.3 Å². The minimum Gasteiger partial charge on any atom is -0.378 e. The van der Waals surface area contributed by atoms with Crippen LogP contribution in [0.3, 0.4) is 0 Å². The van der Waals surface area contributed by atoms with E-state index in [4.69, 9.17) is 0 Å². The Kier molecular flexibility index (Phi) is 3.90. The van der Waals surface area contributed by atoms with E-state index in [1.54, 1.807) is 24.3 Å². The SMILES string of the molecule is Cc1ccc(NCc2nc(C(C)(C)C)cs2)cc1F. The number of halogens is 1. The molecule has 0 amide bonds. The minimum absolute atomic E-state index is 0.0741. The Hall–Kier alpha value is -1.42. The van der Waals surface area contributed by atoms with Gasteiger partial charge >= 0.3 is 0 Å². The van der Waals surface area contributed by atoms with E-state index in [0.29, 0.717) is 12.1 Å². The first-order valence-electron chi connectivity index (χ1n) is 6.31. The molecule has 4 heteroatoms. The molecule has 0 aliphatic carbocycles. The summed E-state index contributed by atoms with van der Waals surface area (Å²) < 4.78 is 13.4. The van der Waals surface area contributed by atoms with E-state index in [9.17, 15) is 4.39 Å². The Morgan fingerprint density at radius 2 is 2.05 bits per heavy atom. The number of aromatic nitrogens is 1. The van der Waals surface area contributed by atoms with Crippen LogP contribution in [0.25, 0.3) is 0 Å². The molecular weight excluding hydrogens is 259 g/mol. The molecule has 0 unspecified atom stereocenters. The molecule has 1 aromatic heterocycles. The second-order valence-corrected chi connectivity index (χ2v) is 6.64. The Balaban J connectivity index is 2.02. The van der Waals surface area contributed by atoms with Gasteiger partial charge in [0.25, 0.3) is 0 Å². The van der Waals surface area contributed by atoms with Gasteiger partial charge in [0, 0.05) is 16.5 Å². The summed E-state index contributed by atoms with van der Waals surface area (Å²) in [5.41, 5.74) is 2.62. The van der Waals surface area contributed by atoms with Crippen LogP contribution in [0.5, 0.6) is 0 Å². The van der Waals surface area contributed by atoms with Crippen LogP contribution in [-0.2, 0) is 12.0 Å². The van der Waals surface area contributed by atoms with E-state index in [1.165, 1.54) is 6.07 Å². The highest BCUT2D eigenvalue weighted by atomic mass is 32.1. The lowest BCUT2D eigenvalue weighted by Crippen LogP contribution is -2.11. The zero-order valence-corrected chi connectivity index (χ0v) is 12.6. The molecule has 2 aromatic rings. The molecule has 2 nitrogen and oxygen atoms in total. The maximum absolute atomic E-state index is 13.4. The van der Waals surface area contributed by atoms with Crippen molar-refractivity contribution in [2.75, 3.05) is 5.32 Å². The van der Waals surface area contributed by atoms with E-state index in [0.717, 1.165) is 16.4 Å². The van der Waals surface area contributed by atoms with Gasteiger partial charge in [-0.2, -0.15) is 0 Å². The van der Waals surface area contributed by atoms with Crippen molar-refractivity contribution in [3.05, 3.63) is 45.7 Å². The summed E-state index contributed by atoms with van der Waals surface area (Å²) in [5.74, 6) is -0.181. The fourth-order valence-electron chi connectivity index (χ4n) is 1.62. The van der Waals surface area contributed by atoms with E-state index in [1.807, 2.05) is 6.07 Å². The zero-order chi connectivity index (χ0) is 14.0. The number of thiazole rings is 1. The van der Waals surface area contributed by atoms with Gasteiger partial charge in [0.15, 0.2) is 0 Å². The third-order valence-corrected chi connectivity index (χ3v) is 3.78. The van der Waals surface area contributed by atoms with Gasteiger partial charge in [0.2, 0.25) is 0 Å². The van der Waals surface area contributed by atoms with Crippen LogP contribution in [0, 0.1) is 12.7 Å². The monoisotopic (exact) mass is 278 g/mol. The van der Waals surface area contributed by atoms with Gasteiger partial charge < -0.3 is 5.32 Å². The van der Waals surface area contributed by atoms with Crippen molar-refractivity contribution in [3.8, 4) is 0 Å². The zero-order valence-electron chi connectivity index (χ0n) is 11.7. The molecule has 2 rings (SSSR count). The lowest BCUT2D eigenvalue weighted by Gasteiger charge is -2.14. The van der Waals surface area contributed by atoms with Crippen LogP contribution < -0.4 is 5.32 Å². The third-order valence-electron chi connectivity index (χ3n) is 2.94. The second-order valence-electron chi connectivity index (χ2n) is 5.69. The van der Waals surface area contributed by atoms with Gasteiger partial charge in [0.05, 0.1) is 12.2 Å². The number of hydrogen-bond donors (Lipinski definition) is 1. The van der Waals surface area contributed by atoms with Crippen molar-refractivity contribution < 1.29 is 4.39 Å². The second kappa shape index (κ2) is 5.29. The summed E-state index contributed by atoms with van der Waals surface area (Å²) in [5, 5.41) is 6.31. The molecule has 0 spiro atoms. The Morgan fingerprint density at radius 3 is 2.63 bits per heavy atom. The number of benzene rings is 1. The number of rotatable bonds is 3. The average molecular weight is 278 g/mol. The summed E-state index contributed by atoms with van der Waals surface area (Å²) in [6.07, 6.45) is 0. The van der Waals surface area contributed by atoms with Crippen molar-refractivity contribution in [1.29, 1.82) is 0 Å². The van der Waals surface area contributed by atoms with Crippen LogP contribution in [0.15, 0.2) is 23.6 Å². The van der Waals surface area contributed by atoms with Crippen molar-refractivity contribution >= 4 is 17.0 Å². The van der Waals surface area contributed by atoms with Crippen molar-refractivity contribution in [1.82, 2.24) is 4.98 Å². The lowest BCUT2D eigenvalue weighted by molar-refractivity contribution is 0.571. The molecule has 0 bridgehead atoms. The molecule has 1 N–H and O–H groups in total. The molecule has 1 aromatic carbocycles. The summed E-state index contributed by atoms with van der Waals surface area (Å²) >= 11 is 1.64.